The maximum atomic E-state index is 13.2. The lowest BCUT2D eigenvalue weighted by molar-refractivity contribution is -0.133. The molecule has 0 bridgehead atoms. The highest BCUT2D eigenvalue weighted by molar-refractivity contribution is 7.88. The minimum absolute atomic E-state index is 0.0117. The van der Waals surface area contributed by atoms with Crippen LogP contribution in [0.1, 0.15) is 30.0 Å². The van der Waals surface area contributed by atoms with Gasteiger partial charge in [0.2, 0.25) is 15.9 Å². The lowest BCUT2D eigenvalue weighted by Gasteiger charge is -2.35. The number of benzene rings is 2. The Morgan fingerprint density at radius 1 is 0.912 bits per heavy atom. The van der Waals surface area contributed by atoms with Crippen LogP contribution in [-0.4, -0.2) is 80.9 Å². The van der Waals surface area contributed by atoms with Crippen LogP contribution in [0.25, 0.3) is 0 Å². The van der Waals surface area contributed by atoms with E-state index in [1.165, 1.54) is 0 Å². The fraction of sp³-hybridized carbons (Fsp3) is 0.480. The Bertz CT molecular complexity index is 1120. The maximum absolute atomic E-state index is 13.2. The number of amides is 1. The van der Waals surface area contributed by atoms with Crippen LogP contribution in [0, 0.1) is 0 Å². The topological polar surface area (TPSA) is 79.4 Å². The molecule has 34 heavy (non-hydrogen) atoms. The van der Waals surface area contributed by atoms with E-state index in [1.54, 1.807) is 4.31 Å². The van der Waals surface area contributed by atoms with E-state index in [2.05, 4.69) is 4.90 Å². The van der Waals surface area contributed by atoms with Crippen molar-refractivity contribution in [2.45, 2.75) is 24.6 Å². The summed E-state index contributed by atoms with van der Waals surface area (Å²) in [4.78, 5) is 17.2. The molecule has 5 rings (SSSR count). The van der Waals surface area contributed by atoms with Crippen molar-refractivity contribution in [2.75, 3.05) is 52.5 Å². The van der Waals surface area contributed by atoms with Crippen molar-refractivity contribution in [2.24, 2.45) is 0 Å². The molecule has 3 aliphatic heterocycles. The normalized spacial score (nSPS) is 21.5. The second-order valence-corrected chi connectivity index (χ2v) is 11.0. The standard InChI is InChI=1S/C25H31N3O5S/c29-25(28-10-4-7-22(28)21-8-9-23-24(17-21)33-16-15-32-23)18-26-11-13-27(14-12-26)34(30,31)19-20-5-2-1-3-6-20/h1-3,5-6,8-9,17,22H,4,7,10-16,18-19H2/t22-/m0/s1. The van der Waals surface area contributed by atoms with Gasteiger partial charge in [-0.2, -0.15) is 4.31 Å². The van der Waals surface area contributed by atoms with Crippen LogP contribution in [0.4, 0.5) is 0 Å². The zero-order chi connectivity index (χ0) is 23.5. The van der Waals surface area contributed by atoms with Crippen LogP contribution in [0.5, 0.6) is 11.5 Å². The summed E-state index contributed by atoms with van der Waals surface area (Å²) in [7, 11) is -3.37. The number of carbonyl (C=O) groups excluding carboxylic acids is 1. The lowest BCUT2D eigenvalue weighted by atomic mass is 10.0. The summed E-state index contributed by atoms with van der Waals surface area (Å²) >= 11 is 0. The third-order valence-corrected chi connectivity index (χ3v) is 8.65. The number of piperazine rings is 1. The van der Waals surface area contributed by atoms with Gasteiger partial charge >= 0.3 is 0 Å². The molecular formula is C25H31N3O5S. The molecule has 0 spiro atoms. The van der Waals surface area contributed by atoms with E-state index in [0.29, 0.717) is 45.9 Å². The number of sulfonamides is 1. The van der Waals surface area contributed by atoms with Crippen LogP contribution in [0.15, 0.2) is 48.5 Å². The van der Waals surface area contributed by atoms with Crippen molar-refractivity contribution < 1.29 is 22.7 Å². The fourth-order valence-corrected chi connectivity index (χ4v) is 6.52. The highest BCUT2D eigenvalue weighted by Gasteiger charge is 2.33. The predicted molar refractivity (Wildman–Crippen MR) is 128 cm³/mol. The molecule has 3 aliphatic rings. The number of likely N-dealkylation sites (tertiary alicyclic amines) is 1. The van der Waals surface area contributed by atoms with Gasteiger partial charge in [-0.05, 0) is 36.1 Å². The van der Waals surface area contributed by atoms with E-state index in [0.717, 1.165) is 42.0 Å². The van der Waals surface area contributed by atoms with E-state index in [4.69, 9.17) is 9.47 Å². The number of fused-ring (bicyclic) bond motifs is 1. The van der Waals surface area contributed by atoms with Crippen LogP contribution in [0.2, 0.25) is 0 Å². The summed E-state index contributed by atoms with van der Waals surface area (Å²) in [6, 6.07) is 15.2. The van der Waals surface area contributed by atoms with Crippen molar-refractivity contribution in [3.05, 3.63) is 59.7 Å². The molecule has 3 heterocycles. The van der Waals surface area contributed by atoms with E-state index >= 15 is 0 Å². The molecule has 2 aromatic carbocycles. The molecule has 1 atom stereocenters. The molecule has 2 aromatic rings. The largest absolute Gasteiger partial charge is 0.486 e. The maximum Gasteiger partial charge on any atom is 0.237 e. The first kappa shape index (κ1) is 23.1. The van der Waals surface area contributed by atoms with Crippen molar-refractivity contribution in [1.29, 1.82) is 0 Å². The molecule has 0 saturated carbocycles. The molecule has 2 fully saturated rings. The smallest absolute Gasteiger partial charge is 0.237 e. The minimum atomic E-state index is -3.37. The molecule has 182 valence electrons. The predicted octanol–water partition coefficient (Wildman–Crippen LogP) is 2.27. The van der Waals surface area contributed by atoms with Crippen molar-refractivity contribution >= 4 is 15.9 Å². The fourth-order valence-electron chi connectivity index (χ4n) is 5.00. The van der Waals surface area contributed by atoms with Crippen LogP contribution < -0.4 is 9.47 Å². The van der Waals surface area contributed by atoms with Gasteiger partial charge in [0.05, 0.1) is 18.3 Å². The van der Waals surface area contributed by atoms with E-state index < -0.39 is 10.0 Å². The molecular weight excluding hydrogens is 454 g/mol. The van der Waals surface area contributed by atoms with E-state index in [9.17, 15) is 13.2 Å². The molecule has 0 aliphatic carbocycles. The third kappa shape index (κ3) is 5.06. The van der Waals surface area contributed by atoms with Gasteiger partial charge in [0.25, 0.3) is 0 Å². The Balaban J connectivity index is 1.17. The Labute approximate surface area is 201 Å². The summed E-state index contributed by atoms with van der Waals surface area (Å²) in [5.41, 5.74) is 1.87. The summed E-state index contributed by atoms with van der Waals surface area (Å²) in [6.07, 6.45) is 1.90. The van der Waals surface area contributed by atoms with Gasteiger partial charge in [-0.25, -0.2) is 8.42 Å². The number of carbonyl (C=O) groups is 1. The molecule has 1 amide bonds. The molecule has 0 N–H and O–H groups in total. The number of hydrogen-bond acceptors (Lipinski definition) is 6. The number of hydrogen-bond donors (Lipinski definition) is 0. The Kier molecular flexibility index (Phi) is 6.76. The average Bonchev–Trinajstić information content (AvgIpc) is 3.35. The zero-order valence-corrected chi connectivity index (χ0v) is 20.1. The average molecular weight is 486 g/mol. The molecule has 8 nitrogen and oxygen atoms in total. The SMILES string of the molecule is O=C(CN1CCN(S(=O)(=O)Cc2ccccc2)CC1)N1CCC[C@H]1c1ccc2c(c1)OCCO2. The third-order valence-electron chi connectivity index (χ3n) is 6.80. The Hall–Kier alpha value is -2.62. The van der Waals surface area contributed by atoms with E-state index in [-0.39, 0.29) is 17.7 Å². The first-order valence-corrected chi connectivity index (χ1v) is 13.5. The number of ether oxygens (including phenoxy) is 2. The molecule has 9 heteroatoms. The highest BCUT2D eigenvalue weighted by atomic mass is 32.2. The van der Waals surface area contributed by atoms with Gasteiger partial charge in [-0.15, -0.1) is 0 Å². The van der Waals surface area contributed by atoms with Crippen LogP contribution in [0.3, 0.4) is 0 Å². The second-order valence-electron chi connectivity index (χ2n) is 9.07. The van der Waals surface area contributed by atoms with Gasteiger partial charge in [-0.1, -0.05) is 36.4 Å². The Morgan fingerprint density at radius 3 is 2.41 bits per heavy atom. The number of rotatable bonds is 6. The zero-order valence-electron chi connectivity index (χ0n) is 19.3. The van der Waals surface area contributed by atoms with Crippen LogP contribution in [-0.2, 0) is 20.6 Å². The lowest BCUT2D eigenvalue weighted by Crippen LogP contribution is -2.51. The molecule has 0 aromatic heterocycles. The monoisotopic (exact) mass is 485 g/mol. The van der Waals surface area contributed by atoms with Crippen molar-refractivity contribution in [3.63, 3.8) is 0 Å². The second kappa shape index (κ2) is 9.93. The van der Waals surface area contributed by atoms with Gasteiger partial charge in [-0.3, -0.25) is 9.69 Å². The minimum Gasteiger partial charge on any atom is -0.486 e. The summed E-state index contributed by atoms with van der Waals surface area (Å²) < 4.78 is 38.5. The first-order chi connectivity index (χ1) is 16.5. The summed E-state index contributed by atoms with van der Waals surface area (Å²) in [6.45, 7) is 4.08. The first-order valence-electron chi connectivity index (χ1n) is 11.9. The highest BCUT2D eigenvalue weighted by Crippen LogP contribution is 2.38. The molecule has 0 unspecified atom stereocenters. The summed E-state index contributed by atoms with van der Waals surface area (Å²) in [5, 5.41) is 0. The van der Waals surface area contributed by atoms with Gasteiger partial charge in [0, 0.05) is 32.7 Å². The van der Waals surface area contributed by atoms with Crippen LogP contribution >= 0.6 is 0 Å². The Morgan fingerprint density at radius 2 is 1.65 bits per heavy atom. The van der Waals surface area contributed by atoms with E-state index in [1.807, 2.05) is 53.4 Å². The quantitative estimate of drug-likeness (QED) is 0.625. The van der Waals surface area contributed by atoms with Gasteiger partial charge in [0.1, 0.15) is 13.2 Å². The van der Waals surface area contributed by atoms with Crippen molar-refractivity contribution in [1.82, 2.24) is 14.1 Å². The molecule has 0 radical (unpaired) electrons. The molecule has 2 saturated heterocycles. The number of nitrogens with zero attached hydrogens (tertiary/aromatic N) is 3. The van der Waals surface area contributed by atoms with Gasteiger partial charge < -0.3 is 14.4 Å². The van der Waals surface area contributed by atoms with Crippen molar-refractivity contribution in [3.8, 4) is 11.5 Å². The van der Waals surface area contributed by atoms with Gasteiger partial charge in [0.15, 0.2) is 11.5 Å². The summed E-state index contributed by atoms with van der Waals surface area (Å²) in [5.74, 6) is 1.61.